The van der Waals surface area contributed by atoms with E-state index in [4.69, 9.17) is 21.1 Å². The molecule has 2 saturated heterocycles. The molecule has 0 unspecified atom stereocenters. The Morgan fingerprint density at radius 1 is 1.26 bits per heavy atom. The summed E-state index contributed by atoms with van der Waals surface area (Å²) in [7, 11) is 0. The first-order valence-electron chi connectivity index (χ1n) is 11.4. The Bertz CT molecular complexity index is 913. The molecule has 4 aliphatic rings. The Balaban J connectivity index is 1.38. The monoisotopic (exact) mass is 443 g/mol. The molecule has 166 valence electrons. The number of carbonyl (C=O) groups is 2. The largest absolute Gasteiger partial charge is 0.462 e. The zero-order chi connectivity index (χ0) is 21.9. The molecule has 3 fully saturated rings. The Morgan fingerprint density at radius 3 is 2.71 bits per heavy atom. The summed E-state index contributed by atoms with van der Waals surface area (Å²) in [6.07, 6.45) is 6.59. The maximum Gasteiger partial charge on any atom is 0.313 e. The zero-order valence-corrected chi connectivity index (χ0v) is 19.0. The number of hydrogen-bond acceptors (Lipinski definition) is 4. The normalized spacial score (nSPS) is 38.7. The molecule has 2 bridgehead atoms. The number of hydrogen-bond donors (Lipinski definition) is 0. The van der Waals surface area contributed by atoms with Crippen molar-refractivity contribution < 1.29 is 19.1 Å². The van der Waals surface area contributed by atoms with Crippen molar-refractivity contribution in [2.45, 2.75) is 57.8 Å². The first kappa shape index (κ1) is 21.0. The van der Waals surface area contributed by atoms with Crippen LogP contribution in [0.4, 0.5) is 5.69 Å². The molecule has 0 aromatic heterocycles. The van der Waals surface area contributed by atoms with Gasteiger partial charge in [0.25, 0.3) is 0 Å². The number of esters is 1. The predicted octanol–water partition coefficient (Wildman–Crippen LogP) is 4.63. The maximum absolute atomic E-state index is 13.5. The summed E-state index contributed by atoms with van der Waals surface area (Å²) < 4.78 is 12.4. The van der Waals surface area contributed by atoms with Gasteiger partial charge in [0.2, 0.25) is 5.91 Å². The van der Waals surface area contributed by atoms with E-state index in [0.29, 0.717) is 29.3 Å². The molecule has 1 aliphatic carbocycles. The van der Waals surface area contributed by atoms with Crippen LogP contribution in [0.25, 0.3) is 0 Å². The van der Waals surface area contributed by atoms with Crippen LogP contribution in [-0.2, 0) is 19.1 Å². The van der Waals surface area contributed by atoms with Gasteiger partial charge in [-0.2, -0.15) is 0 Å². The third-order valence-electron chi connectivity index (χ3n) is 7.74. The van der Waals surface area contributed by atoms with Crippen LogP contribution in [0.15, 0.2) is 36.4 Å². The Labute approximate surface area is 188 Å². The summed E-state index contributed by atoms with van der Waals surface area (Å²) in [5.74, 6) is -0.103. The summed E-state index contributed by atoms with van der Waals surface area (Å²) in [6.45, 7) is 7.03. The lowest BCUT2D eigenvalue weighted by Gasteiger charge is -2.37. The first-order chi connectivity index (χ1) is 14.8. The number of fused-ring (bicyclic) bond motifs is 1. The van der Waals surface area contributed by atoms with E-state index < -0.39 is 17.4 Å². The maximum atomic E-state index is 13.5. The second kappa shape index (κ2) is 7.63. The van der Waals surface area contributed by atoms with Crippen LogP contribution in [0.2, 0.25) is 5.02 Å². The summed E-state index contributed by atoms with van der Waals surface area (Å²) in [6, 6.07) is 7.20. The molecule has 1 spiro atoms. The molecular formula is C25H30ClNO4. The molecule has 7 atom stereocenters. The van der Waals surface area contributed by atoms with Crippen molar-refractivity contribution in [2.24, 2.45) is 29.6 Å². The van der Waals surface area contributed by atoms with Crippen molar-refractivity contribution in [1.29, 1.82) is 0 Å². The van der Waals surface area contributed by atoms with E-state index in [-0.39, 0.29) is 24.1 Å². The van der Waals surface area contributed by atoms with Gasteiger partial charge in [0.05, 0.1) is 18.6 Å². The van der Waals surface area contributed by atoms with Gasteiger partial charge in [-0.25, -0.2) is 0 Å². The number of amides is 1. The van der Waals surface area contributed by atoms with Crippen LogP contribution >= 0.6 is 11.6 Å². The predicted molar refractivity (Wildman–Crippen MR) is 119 cm³/mol. The van der Waals surface area contributed by atoms with Crippen molar-refractivity contribution in [3.63, 3.8) is 0 Å². The van der Waals surface area contributed by atoms with Gasteiger partial charge < -0.3 is 14.4 Å². The molecule has 0 N–H and O–H groups in total. The summed E-state index contributed by atoms with van der Waals surface area (Å²) in [4.78, 5) is 28.6. The van der Waals surface area contributed by atoms with Crippen molar-refractivity contribution in [3.05, 3.63) is 41.4 Å². The van der Waals surface area contributed by atoms with E-state index in [9.17, 15) is 9.59 Å². The van der Waals surface area contributed by atoms with Crippen molar-refractivity contribution >= 4 is 29.2 Å². The molecular weight excluding hydrogens is 414 g/mol. The molecule has 1 amide bonds. The lowest BCUT2D eigenvalue weighted by atomic mass is 9.75. The number of benzene rings is 1. The van der Waals surface area contributed by atoms with E-state index in [1.54, 1.807) is 17.0 Å². The van der Waals surface area contributed by atoms with E-state index in [0.717, 1.165) is 18.5 Å². The molecule has 1 aromatic rings. The number of nitrogens with zero attached hydrogens (tertiary/aromatic N) is 1. The van der Waals surface area contributed by atoms with E-state index >= 15 is 0 Å². The van der Waals surface area contributed by atoms with Gasteiger partial charge in [0, 0.05) is 10.7 Å². The third kappa shape index (κ3) is 3.41. The fourth-order valence-electron chi connectivity index (χ4n) is 6.08. The molecule has 3 aliphatic heterocycles. The Kier molecular flexibility index (Phi) is 5.17. The molecule has 3 heterocycles. The van der Waals surface area contributed by atoms with Gasteiger partial charge in [0.1, 0.15) is 17.6 Å². The van der Waals surface area contributed by atoms with Crippen LogP contribution in [0.5, 0.6) is 0 Å². The van der Waals surface area contributed by atoms with Crippen molar-refractivity contribution in [2.75, 3.05) is 11.4 Å². The second-order valence-corrected chi connectivity index (χ2v) is 10.5. The fourth-order valence-corrected chi connectivity index (χ4v) is 6.21. The molecule has 5 nitrogen and oxygen atoms in total. The first-order valence-corrected chi connectivity index (χ1v) is 11.8. The molecule has 6 heteroatoms. The standard InChI is InChI=1S/C25H30ClNO4/c1-14(2)18-9-4-15(3)12-20(18)30-24(29)21-19-10-11-25(31-19)13-27(23(28)22(21)25)17-7-5-16(26)6-8-17/h5-8,10-11,14-15,18-22H,4,9,12-13H2,1-3H3/t15-,18+,19+,20-,21-,22-,25+/m1/s1. The number of rotatable bonds is 4. The number of halogens is 1. The van der Waals surface area contributed by atoms with Crippen LogP contribution in [-0.4, -0.2) is 36.2 Å². The minimum atomic E-state index is -0.748. The topological polar surface area (TPSA) is 55.8 Å². The highest BCUT2D eigenvalue weighted by atomic mass is 35.5. The Hall–Kier alpha value is -1.85. The average Bonchev–Trinajstić information content (AvgIpc) is 3.37. The van der Waals surface area contributed by atoms with Gasteiger partial charge >= 0.3 is 5.97 Å². The highest BCUT2D eigenvalue weighted by molar-refractivity contribution is 6.30. The van der Waals surface area contributed by atoms with Crippen LogP contribution in [0, 0.1) is 29.6 Å². The van der Waals surface area contributed by atoms with Gasteiger partial charge in [0.15, 0.2) is 0 Å². The Morgan fingerprint density at radius 2 is 2.00 bits per heavy atom. The summed E-state index contributed by atoms with van der Waals surface area (Å²) >= 11 is 6.01. The summed E-state index contributed by atoms with van der Waals surface area (Å²) in [5.41, 5.74) is 0.0225. The van der Waals surface area contributed by atoms with Crippen molar-refractivity contribution in [3.8, 4) is 0 Å². The third-order valence-corrected chi connectivity index (χ3v) is 7.99. The number of anilines is 1. The van der Waals surface area contributed by atoms with E-state index in [2.05, 4.69) is 20.8 Å². The molecule has 1 saturated carbocycles. The molecule has 5 rings (SSSR count). The van der Waals surface area contributed by atoms with Crippen molar-refractivity contribution in [1.82, 2.24) is 0 Å². The lowest BCUT2D eigenvalue weighted by Crippen LogP contribution is -2.43. The molecule has 31 heavy (non-hydrogen) atoms. The quantitative estimate of drug-likeness (QED) is 0.503. The van der Waals surface area contributed by atoms with Gasteiger partial charge in [-0.15, -0.1) is 0 Å². The SMILES string of the molecule is CC(C)[C@@H]1CC[C@@H](C)C[C@H]1OC(=O)[C@@H]1[C@@H]2C=C[C@@]3(CN(c4ccc(Cl)cc4)C(=O)[C@@H]13)O2. The van der Waals surface area contributed by atoms with E-state index in [1.165, 1.54) is 6.42 Å². The van der Waals surface area contributed by atoms with Gasteiger partial charge in [-0.1, -0.05) is 50.9 Å². The van der Waals surface area contributed by atoms with Crippen LogP contribution < -0.4 is 4.90 Å². The smallest absolute Gasteiger partial charge is 0.313 e. The fraction of sp³-hybridized carbons (Fsp3) is 0.600. The van der Waals surface area contributed by atoms with Crippen LogP contribution in [0.3, 0.4) is 0 Å². The zero-order valence-electron chi connectivity index (χ0n) is 18.3. The second-order valence-electron chi connectivity index (χ2n) is 10.1. The number of ether oxygens (including phenoxy) is 2. The van der Waals surface area contributed by atoms with E-state index in [1.807, 2.05) is 24.3 Å². The molecule has 1 aromatic carbocycles. The average molecular weight is 444 g/mol. The number of carbonyl (C=O) groups excluding carboxylic acids is 2. The minimum Gasteiger partial charge on any atom is -0.462 e. The van der Waals surface area contributed by atoms with Gasteiger partial charge in [-0.05, 0) is 54.9 Å². The van der Waals surface area contributed by atoms with Crippen LogP contribution in [0.1, 0.15) is 40.0 Å². The minimum absolute atomic E-state index is 0.0754. The summed E-state index contributed by atoms with van der Waals surface area (Å²) in [5, 5.41) is 0.619. The highest BCUT2D eigenvalue weighted by Gasteiger charge is 2.67. The van der Waals surface area contributed by atoms with Gasteiger partial charge in [-0.3, -0.25) is 9.59 Å². The highest BCUT2D eigenvalue weighted by Crippen LogP contribution is 2.53. The lowest BCUT2D eigenvalue weighted by molar-refractivity contribution is -0.164. The molecule has 0 radical (unpaired) electrons.